The first kappa shape index (κ1) is 9.80. The monoisotopic (exact) mass is 215 g/mol. The van der Waals surface area contributed by atoms with E-state index in [0.717, 1.165) is 4.88 Å². The van der Waals surface area contributed by atoms with Gasteiger partial charge < -0.3 is 0 Å². The lowest BCUT2D eigenvalue weighted by Gasteiger charge is -1.92. The molecular formula is C12H9NOS. The molecule has 2 nitrogen and oxygen atoms in total. The Morgan fingerprint density at radius 2 is 2.27 bits per heavy atom. The molecular weight excluding hydrogens is 206 g/mol. The Kier molecular flexibility index (Phi) is 3.05. The summed E-state index contributed by atoms with van der Waals surface area (Å²) in [7, 11) is 0. The Hall–Kier alpha value is -1.74. The molecule has 0 amide bonds. The molecule has 15 heavy (non-hydrogen) atoms. The number of hydrogen-bond acceptors (Lipinski definition) is 3. The van der Waals surface area contributed by atoms with Crippen LogP contribution in [0, 0.1) is 0 Å². The van der Waals surface area contributed by atoms with Gasteiger partial charge in [0.25, 0.3) is 0 Å². The minimum absolute atomic E-state index is 0.0171. The van der Waals surface area contributed by atoms with E-state index in [0.29, 0.717) is 5.56 Å². The van der Waals surface area contributed by atoms with Crippen molar-refractivity contribution >= 4 is 23.2 Å². The highest BCUT2D eigenvalue weighted by Gasteiger charge is 1.99. The summed E-state index contributed by atoms with van der Waals surface area (Å²) >= 11 is 1.61. The van der Waals surface area contributed by atoms with Crippen molar-refractivity contribution in [2.75, 3.05) is 0 Å². The van der Waals surface area contributed by atoms with Gasteiger partial charge in [0.05, 0.1) is 0 Å². The lowest BCUT2D eigenvalue weighted by molar-refractivity contribution is 0.104. The minimum atomic E-state index is -0.0171. The van der Waals surface area contributed by atoms with E-state index < -0.39 is 0 Å². The summed E-state index contributed by atoms with van der Waals surface area (Å²) in [5, 5.41) is 1.98. The number of carbonyl (C=O) groups excluding carboxylic acids is 1. The van der Waals surface area contributed by atoms with Crippen molar-refractivity contribution in [1.82, 2.24) is 4.98 Å². The molecule has 0 aromatic carbocycles. The third kappa shape index (κ3) is 2.60. The van der Waals surface area contributed by atoms with Crippen LogP contribution in [0.4, 0.5) is 0 Å². The molecule has 0 unspecified atom stereocenters. The molecule has 2 rings (SSSR count). The van der Waals surface area contributed by atoms with Crippen LogP contribution in [0.2, 0.25) is 0 Å². The van der Waals surface area contributed by atoms with Gasteiger partial charge in [-0.15, -0.1) is 11.3 Å². The number of ketones is 1. The molecule has 0 radical (unpaired) electrons. The van der Waals surface area contributed by atoms with Gasteiger partial charge in [0.1, 0.15) is 0 Å². The molecule has 0 saturated carbocycles. The number of rotatable bonds is 3. The SMILES string of the molecule is O=C(/C=C/c1cccs1)c1cccnc1. The average Bonchev–Trinajstić information content (AvgIpc) is 2.80. The maximum atomic E-state index is 11.6. The van der Waals surface area contributed by atoms with E-state index >= 15 is 0 Å². The fraction of sp³-hybridized carbons (Fsp3) is 0. The van der Waals surface area contributed by atoms with Crippen molar-refractivity contribution in [2.24, 2.45) is 0 Å². The quantitative estimate of drug-likeness (QED) is 0.582. The fourth-order valence-electron chi connectivity index (χ4n) is 1.15. The Balaban J connectivity index is 2.11. The van der Waals surface area contributed by atoms with E-state index in [2.05, 4.69) is 4.98 Å². The van der Waals surface area contributed by atoms with E-state index in [1.165, 1.54) is 0 Å². The number of nitrogens with zero attached hydrogens (tertiary/aromatic N) is 1. The molecule has 0 bridgehead atoms. The van der Waals surface area contributed by atoms with E-state index in [1.54, 1.807) is 41.9 Å². The summed E-state index contributed by atoms with van der Waals surface area (Å²) in [5.74, 6) is -0.0171. The Morgan fingerprint density at radius 3 is 2.93 bits per heavy atom. The second-order valence-electron chi connectivity index (χ2n) is 2.95. The Morgan fingerprint density at radius 1 is 1.33 bits per heavy atom. The molecule has 0 atom stereocenters. The molecule has 0 N–H and O–H groups in total. The van der Waals surface area contributed by atoms with Crippen LogP contribution >= 0.6 is 11.3 Å². The third-order valence-corrected chi connectivity index (χ3v) is 2.73. The van der Waals surface area contributed by atoms with Gasteiger partial charge >= 0.3 is 0 Å². The van der Waals surface area contributed by atoms with E-state index in [1.807, 2.05) is 23.6 Å². The zero-order valence-electron chi connectivity index (χ0n) is 7.96. The molecule has 0 aliphatic heterocycles. The molecule has 0 saturated heterocycles. The first-order chi connectivity index (χ1) is 7.36. The van der Waals surface area contributed by atoms with Crippen LogP contribution in [0.25, 0.3) is 6.08 Å². The van der Waals surface area contributed by atoms with Gasteiger partial charge in [-0.25, -0.2) is 0 Å². The molecule has 0 spiro atoms. The predicted octanol–water partition coefficient (Wildman–Crippen LogP) is 3.04. The largest absolute Gasteiger partial charge is 0.289 e. The highest BCUT2D eigenvalue weighted by atomic mass is 32.1. The number of pyridine rings is 1. The lowest BCUT2D eigenvalue weighted by atomic mass is 10.2. The average molecular weight is 215 g/mol. The van der Waals surface area contributed by atoms with Crippen LogP contribution in [-0.4, -0.2) is 10.8 Å². The van der Waals surface area contributed by atoms with Crippen LogP contribution in [0.1, 0.15) is 15.2 Å². The van der Waals surface area contributed by atoms with Gasteiger partial charge in [0.2, 0.25) is 0 Å². The van der Waals surface area contributed by atoms with Crippen molar-refractivity contribution in [3.05, 3.63) is 58.6 Å². The maximum Gasteiger partial charge on any atom is 0.187 e. The van der Waals surface area contributed by atoms with Crippen LogP contribution in [-0.2, 0) is 0 Å². The maximum absolute atomic E-state index is 11.6. The smallest absolute Gasteiger partial charge is 0.187 e. The second kappa shape index (κ2) is 4.66. The van der Waals surface area contributed by atoms with Crippen LogP contribution in [0.15, 0.2) is 48.1 Å². The van der Waals surface area contributed by atoms with Gasteiger partial charge in [-0.2, -0.15) is 0 Å². The van der Waals surface area contributed by atoms with Gasteiger partial charge in [-0.1, -0.05) is 6.07 Å². The van der Waals surface area contributed by atoms with Crippen molar-refractivity contribution in [3.63, 3.8) is 0 Å². The van der Waals surface area contributed by atoms with Gasteiger partial charge in [-0.05, 0) is 35.7 Å². The third-order valence-electron chi connectivity index (χ3n) is 1.89. The van der Waals surface area contributed by atoms with Crippen molar-refractivity contribution in [2.45, 2.75) is 0 Å². The molecule has 0 fully saturated rings. The van der Waals surface area contributed by atoms with E-state index in [9.17, 15) is 4.79 Å². The summed E-state index contributed by atoms with van der Waals surface area (Å²) in [6.45, 7) is 0. The van der Waals surface area contributed by atoms with Crippen molar-refractivity contribution < 1.29 is 4.79 Å². The predicted molar refractivity (Wildman–Crippen MR) is 61.9 cm³/mol. The van der Waals surface area contributed by atoms with Crippen molar-refractivity contribution in [1.29, 1.82) is 0 Å². The first-order valence-corrected chi connectivity index (χ1v) is 5.40. The topological polar surface area (TPSA) is 30.0 Å². The van der Waals surface area contributed by atoms with E-state index in [4.69, 9.17) is 0 Å². The standard InChI is InChI=1S/C12H9NOS/c14-12(10-3-1-7-13-9-10)6-5-11-4-2-8-15-11/h1-9H/b6-5+. The summed E-state index contributed by atoms with van der Waals surface area (Å²) < 4.78 is 0. The normalized spacial score (nSPS) is 10.7. The number of allylic oxidation sites excluding steroid dienone is 1. The molecule has 0 aliphatic carbocycles. The second-order valence-corrected chi connectivity index (χ2v) is 3.93. The first-order valence-electron chi connectivity index (χ1n) is 4.52. The number of aromatic nitrogens is 1. The van der Waals surface area contributed by atoms with Crippen LogP contribution < -0.4 is 0 Å². The zero-order chi connectivity index (χ0) is 10.5. The highest BCUT2D eigenvalue weighted by Crippen LogP contribution is 2.11. The van der Waals surface area contributed by atoms with Gasteiger partial charge in [-0.3, -0.25) is 9.78 Å². The zero-order valence-corrected chi connectivity index (χ0v) is 8.78. The lowest BCUT2D eigenvalue weighted by Crippen LogP contribution is -1.93. The summed E-state index contributed by atoms with van der Waals surface area (Å²) in [6, 6.07) is 7.44. The van der Waals surface area contributed by atoms with Crippen molar-refractivity contribution in [3.8, 4) is 0 Å². The highest BCUT2D eigenvalue weighted by molar-refractivity contribution is 7.10. The summed E-state index contributed by atoms with van der Waals surface area (Å²) in [5.41, 5.74) is 0.616. The fourth-order valence-corrected chi connectivity index (χ4v) is 1.77. The van der Waals surface area contributed by atoms with Gasteiger partial charge in [0, 0.05) is 22.8 Å². The number of carbonyl (C=O) groups is 1. The summed E-state index contributed by atoms with van der Waals surface area (Å²) in [4.78, 5) is 16.6. The Labute approximate surface area is 91.9 Å². The van der Waals surface area contributed by atoms with E-state index in [-0.39, 0.29) is 5.78 Å². The van der Waals surface area contributed by atoms with Gasteiger partial charge in [0.15, 0.2) is 5.78 Å². The molecule has 0 aliphatic rings. The number of hydrogen-bond donors (Lipinski definition) is 0. The molecule has 2 aromatic rings. The van der Waals surface area contributed by atoms with Crippen LogP contribution in [0.3, 0.4) is 0 Å². The Bertz CT molecular complexity index is 460. The molecule has 2 aromatic heterocycles. The molecule has 3 heteroatoms. The minimum Gasteiger partial charge on any atom is -0.289 e. The molecule has 2 heterocycles. The molecule has 74 valence electrons. The summed E-state index contributed by atoms with van der Waals surface area (Å²) in [6.07, 6.45) is 6.61. The van der Waals surface area contributed by atoms with Crippen LogP contribution in [0.5, 0.6) is 0 Å². The number of thiophene rings is 1.